The Bertz CT molecular complexity index is 1140. The van der Waals surface area contributed by atoms with Crippen LogP contribution in [0.5, 0.6) is 5.75 Å². The molecule has 0 radical (unpaired) electrons. The molecule has 3 aromatic rings. The molecule has 152 valence electrons. The Morgan fingerprint density at radius 1 is 1.20 bits per heavy atom. The van der Waals surface area contributed by atoms with Crippen LogP contribution in [0.2, 0.25) is 0 Å². The minimum absolute atomic E-state index is 0.0102. The van der Waals surface area contributed by atoms with Crippen LogP contribution in [0.15, 0.2) is 54.7 Å². The zero-order chi connectivity index (χ0) is 21.7. The van der Waals surface area contributed by atoms with Crippen LogP contribution < -0.4 is 15.8 Å². The number of hydrogen-bond donors (Lipinski definition) is 2. The van der Waals surface area contributed by atoms with Gasteiger partial charge in [-0.15, -0.1) is 0 Å². The van der Waals surface area contributed by atoms with E-state index in [0.717, 1.165) is 0 Å². The first-order valence-electron chi connectivity index (χ1n) is 9.13. The highest BCUT2D eigenvalue weighted by Crippen LogP contribution is 2.27. The summed E-state index contributed by atoms with van der Waals surface area (Å²) in [6.07, 6.45) is 1.41. The summed E-state index contributed by atoms with van der Waals surface area (Å²) in [4.78, 5) is 25.3. The van der Waals surface area contributed by atoms with E-state index in [1.54, 1.807) is 48.5 Å². The Hall–Kier alpha value is -4.25. The number of para-hydroxylation sites is 1. The Morgan fingerprint density at radius 3 is 2.67 bits per heavy atom. The number of nitrogens with zero attached hydrogens (tertiary/aromatic N) is 2. The van der Waals surface area contributed by atoms with E-state index in [4.69, 9.17) is 15.2 Å². The highest BCUT2D eigenvalue weighted by molar-refractivity contribution is 6.07. The number of nitriles is 1. The highest BCUT2D eigenvalue weighted by Gasteiger charge is 2.24. The number of aromatic nitrogens is 1. The fourth-order valence-corrected chi connectivity index (χ4v) is 3.01. The van der Waals surface area contributed by atoms with Crippen LogP contribution in [-0.2, 0) is 4.74 Å². The molecule has 0 saturated heterocycles. The number of carbonyl (C=O) groups excluding carboxylic acids is 2. The number of esters is 1. The Morgan fingerprint density at radius 2 is 1.97 bits per heavy atom. The topological polar surface area (TPSA) is 119 Å². The van der Waals surface area contributed by atoms with E-state index in [9.17, 15) is 14.9 Å². The predicted molar refractivity (Wildman–Crippen MR) is 112 cm³/mol. The van der Waals surface area contributed by atoms with E-state index < -0.39 is 11.9 Å². The number of nitrogen functional groups attached to an aromatic ring is 1. The molecule has 0 bridgehead atoms. The van der Waals surface area contributed by atoms with Gasteiger partial charge in [-0.05, 0) is 31.2 Å². The molecule has 0 spiro atoms. The molecular formula is C22H20N4O4. The van der Waals surface area contributed by atoms with Crippen molar-refractivity contribution in [1.82, 2.24) is 4.57 Å². The lowest BCUT2D eigenvalue weighted by molar-refractivity contribution is 0.0592. The van der Waals surface area contributed by atoms with Gasteiger partial charge < -0.3 is 25.1 Å². The van der Waals surface area contributed by atoms with Gasteiger partial charge >= 0.3 is 5.97 Å². The number of hydrogen-bond acceptors (Lipinski definition) is 6. The molecule has 0 aliphatic rings. The maximum absolute atomic E-state index is 13.0. The summed E-state index contributed by atoms with van der Waals surface area (Å²) in [6, 6.07) is 15.6. The molecule has 0 saturated carbocycles. The quantitative estimate of drug-likeness (QED) is 0.608. The molecule has 1 aromatic heterocycles. The van der Waals surface area contributed by atoms with E-state index in [1.807, 2.05) is 13.0 Å². The van der Waals surface area contributed by atoms with Crippen LogP contribution in [-0.4, -0.2) is 30.2 Å². The van der Waals surface area contributed by atoms with E-state index in [0.29, 0.717) is 23.7 Å². The standard InChI is InChI=1S/C22H20N4O4/c1-3-30-16-8-6-7-15(11-16)25-21(27)17-9-4-5-10-18(17)26-13-14(12-23)19(24)20(26)22(28)29-2/h4-11,13H,3,24H2,1-2H3,(H,25,27). The third-order valence-electron chi connectivity index (χ3n) is 4.35. The third-order valence-corrected chi connectivity index (χ3v) is 4.35. The molecule has 0 fully saturated rings. The third kappa shape index (κ3) is 3.95. The lowest BCUT2D eigenvalue weighted by Crippen LogP contribution is -2.17. The minimum Gasteiger partial charge on any atom is -0.494 e. The van der Waals surface area contributed by atoms with Gasteiger partial charge in [0.25, 0.3) is 5.91 Å². The van der Waals surface area contributed by atoms with Gasteiger partial charge in [-0.1, -0.05) is 18.2 Å². The van der Waals surface area contributed by atoms with E-state index >= 15 is 0 Å². The van der Waals surface area contributed by atoms with Crippen molar-refractivity contribution in [2.45, 2.75) is 6.92 Å². The van der Waals surface area contributed by atoms with Crippen molar-refractivity contribution in [3.63, 3.8) is 0 Å². The predicted octanol–water partition coefficient (Wildman–Crippen LogP) is 3.37. The van der Waals surface area contributed by atoms with Gasteiger partial charge in [-0.2, -0.15) is 5.26 Å². The summed E-state index contributed by atoms with van der Waals surface area (Å²) in [5.74, 6) is -0.483. The summed E-state index contributed by atoms with van der Waals surface area (Å²) >= 11 is 0. The van der Waals surface area contributed by atoms with Crippen LogP contribution in [0.4, 0.5) is 11.4 Å². The zero-order valence-corrected chi connectivity index (χ0v) is 16.5. The first kappa shape index (κ1) is 20.5. The molecule has 0 unspecified atom stereocenters. The summed E-state index contributed by atoms with van der Waals surface area (Å²) < 4.78 is 11.7. The first-order valence-corrected chi connectivity index (χ1v) is 9.13. The van der Waals surface area contributed by atoms with Crippen LogP contribution >= 0.6 is 0 Å². The summed E-state index contributed by atoms with van der Waals surface area (Å²) in [5.41, 5.74) is 7.26. The molecule has 3 N–H and O–H groups in total. The molecular weight excluding hydrogens is 384 g/mol. The molecule has 8 heteroatoms. The summed E-state index contributed by atoms with van der Waals surface area (Å²) in [5, 5.41) is 12.1. The van der Waals surface area contributed by atoms with Crippen molar-refractivity contribution >= 4 is 23.3 Å². The average molecular weight is 404 g/mol. The fraction of sp³-hybridized carbons (Fsp3) is 0.136. The molecule has 0 aliphatic carbocycles. The molecule has 1 heterocycles. The minimum atomic E-state index is -0.714. The maximum Gasteiger partial charge on any atom is 0.357 e. The number of ether oxygens (including phenoxy) is 2. The molecule has 0 aliphatic heterocycles. The number of benzene rings is 2. The Kier molecular flexibility index (Phi) is 6.03. The molecule has 30 heavy (non-hydrogen) atoms. The van der Waals surface area contributed by atoms with Crippen molar-refractivity contribution in [2.24, 2.45) is 0 Å². The lowest BCUT2D eigenvalue weighted by Gasteiger charge is -2.14. The molecule has 8 nitrogen and oxygen atoms in total. The normalized spacial score (nSPS) is 10.2. The number of carbonyl (C=O) groups is 2. The zero-order valence-electron chi connectivity index (χ0n) is 16.5. The first-order chi connectivity index (χ1) is 14.5. The van der Waals surface area contributed by atoms with E-state index in [-0.39, 0.29) is 22.5 Å². The molecule has 0 atom stereocenters. The van der Waals surface area contributed by atoms with E-state index in [2.05, 4.69) is 5.32 Å². The SMILES string of the molecule is CCOc1cccc(NC(=O)c2ccccc2-n2cc(C#N)c(N)c2C(=O)OC)c1. The Labute approximate surface area is 173 Å². The summed E-state index contributed by atoms with van der Waals surface area (Å²) in [6.45, 7) is 2.38. The van der Waals surface area contributed by atoms with Crippen molar-refractivity contribution in [3.8, 4) is 17.5 Å². The Balaban J connectivity index is 2.04. The number of anilines is 2. The van der Waals surface area contributed by atoms with Crippen molar-refractivity contribution in [1.29, 1.82) is 5.26 Å². The molecule has 3 rings (SSSR count). The van der Waals surface area contributed by atoms with Crippen LogP contribution in [0, 0.1) is 11.3 Å². The van der Waals surface area contributed by atoms with E-state index in [1.165, 1.54) is 17.9 Å². The second-order valence-electron chi connectivity index (χ2n) is 6.21. The smallest absolute Gasteiger partial charge is 0.357 e. The fourth-order valence-electron chi connectivity index (χ4n) is 3.01. The number of methoxy groups -OCH3 is 1. The highest BCUT2D eigenvalue weighted by atomic mass is 16.5. The van der Waals surface area contributed by atoms with Gasteiger partial charge in [-0.25, -0.2) is 4.79 Å². The van der Waals surface area contributed by atoms with Crippen LogP contribution in [0.1, 0.15) is 33.3 Å². The van der Waals surface area contributed by atoms with Crippen LogP contribution in [0.25, 0.3) is 5.69 Å². The monoisotopic (exact) mass is 404 g/mol. The van der Waals surface area contributed by atoms with Crippen molar-refractivity contribution in [2.75, 3.05) is 24.8 Å². The lowest BCUT2D eigenvalue weighted by atomic mass is 10.1. The van der Waals surface area contributed by atoms with Gasteiger partial charge in [0.05, 0.1) is 36.2 Å². The molecule has 2 aromatic carbocycles. The number of rotatable bonds is 6. The second kappa shape index (κ2) is 8.84. The van der Waals surface area contributed by atoms with Gasteiger partial charge in [0.15, 0.2) is 5.69 Å². The van der Waals surface area contributed by atoms with Gasteiger partial charge in [0.2, 0.25) is 0 Å². The number of nitrogens with one attached hydrogen (secondary N) is 1. The van der Waals surface area contributed by atoms with Gasteiger partial charge in [-0.3, -0.25) is 4.79 Å². The van der Waals surface area contributed by atoms with Gasteiger partial charge in [0, 0.05) is 18.0 Å². The van der Waals surface area contributed by atoms with Crippen molar-refractivity contribution < 1.29 is 19.1 Å². The van der Waals surface area contributed by atoms with Crippen LogP contribution in [0.3, 0.4) is 0 Å². The second-order valence-corrected chi connectivity index (χ2v) is 6.21. The number of nitrogens with two attached hydrogens (primary N) is 1. The van der Waals surface area contributed by atoms with Gasteiger partial charge in [0.1, 0.15) is 11.8 Å². The average Bonchev–Trinajstić information content (AvgIpc) is 3.09. The maximum atomic E-state index is 13.0. The largest absolute Gasteiger partial charge is 0.494 e. The van der Waals surface area contributed by atoms with Crippen molar-refractivity contribution in [3.05, 3.63) is 71.5 Å². The molecule has 1 amide bonds. The summed E-state index contributed by atoms with van der Waals surface area (Å²) in [7, 11) is 1.22. The number of amides is 1.